The maximum Gasteiger partial charge on any atom is 0.200 e. The van der Waals surface area contributed by atoms with Gasteiger partial charge in [0, 0.05) is 5.56 Å². The van der Waals surface area contributed by atoms with Crippen LogP contribution >= 0.6 is 24.4 Å². The minimum atomic E-state index is 0.391. The van der Waals surface area contributed by atoms with Gasteiger partial charge in [0.25, 0.3) is 0 Å². The molecule has 18 heavy (non-hydrogen) atoms. The van der Waals surface area contributed by atoms with Gasteiger partial charge in [-0.1, -0.05) is 36.4 Å². The van der Waals surface area contributed by atoms with Crippen molar-refractivity contribution >= 4 is 35.2 Å². The summed E-state index contributed by atoms with van der Waals surface area (Å²) in [5.41, 5.74) is 0.972. The molecule has 0 saturated carbocycles. The van der Waals surface area contributed by atoms with Crippen molar-refractivity contribution in [3.05, 3.63) is 52.0 Å². The number of aromatic amines is 2. The van der Waals surface area contributed by atoms with E-state index in [2.05, 4.69) is 39.2 Å². The van der Waals surface area contributed by atoms with Crippen molar-refractivity contribution in [2.75, 3.05) is 0 Å². The summed E-state index contributed by atoms with van der Waals surface area (Å²) in [7, 11) is 0. The van der Waals surface area contributed by atoms with Gasteiger partial charge < -0.3 is 9.97 Å². The Kier molecular flexibility index (Phi) is 2.77. The normalized spacial score (nSPS) is 10.7. The molecule has 0 saturated heterocycles. The van der Waals surface area contributed by atoms with Crippen molar-refractivity contribution in [1.82, 2.24) is 15.0 Å². The third-order valence-corrected chi connectivity index (χ3v) is 3.09. The van der Waals surface area contributed by atoms with Crippen LogP contribution in [0.3, 0.4) is 0 Å². The van der Waals surface area contributed by atoms with Gasteiger partial charge in [-0.15, -0.1) is 0 Å². The maximum atomic E-state index is 5.07. The standard InChI is InChI=1S/C13H9N3S2/c17-12-14-11(15-13(18)16-12)10-6-5-8-3-1-2-4-9(8)7-10/h1-7H,(H2,14,15,16,17,18). The quantitative estimate of drug-likeness (QED) is 0.657. The largest absolute Gasteiger partial charge is 0.317 e. The first kappa shape index (κ1) is 11.3. The molecule has 88 valence electrons. The fourth-order valence-corrected chi connectivity index (χ4v) is 2.32. The summed E-state index contributed by atoms with van der Waals surface area (Å²) in [5, 5.41) is 2.36. The zero-order valence-corrected chi connectivity index (χ0v) is 10.9. The van der Waals surface area contributed by atoms with Crippen LogP contribution in [0.1, 0.15) is 0 Å². The summed E-state index contributed by atoms with van der Waals surface area (Å²) in [6.07, 6.45) is 0. The van der Waals surface area contributed by atoms with Crippen molar-refractivity contribution in [3.8, 4) is 11.4 Å². The summed E-state index contributed by atoms with van der Waals surface area (Å²) in [6.45, 7) is 0. The number of nitrogens with zero attached hydrogens (tertiary/aromatic N) is 1. The fraction of sp³-hybridized carbons (Fsp3) is 0. The molecule has 5 heteroatoms. The average molecular weight is 271 g/mol. The van der Waals surface area contributed by atoms with Crippen LogP contribution in [0.4, 0.5) is 0 Å². The number of nitrogens with one attached hydrogen (secondary N) is 2. The topological polar surface area (TPSA) is 44.5 Å². The molecule has 2 N–H and O–H groups in total. The van der Waals surface area contributed by atoms with Gasteiger partial charge >= 0.3 is 0 Å². The van der Waals surface area contributed by atoms with E-state index >= 15 is 0 Å². The van der Waals surface area contributed by atoms with E-state index in [-0.39, 0.29) is 0 Å². The summed E-state index contributed by atoms with van der Waals surface area (Å²) in [4.78, 5) is 10.0. The lowest BCUT2D eigenvalue weighted by Gasteiger charge is -2.03. The zero-order valence-electron chi connectivity index (χ0n) is 9.31. The van der Waals surface area contributed by atoms with E-state index in [4.69, 9.17) is 24.4 Å². The molecular weight excluding hydrogens is 262 g/mol. The first-order valence-electron chi connectivity index (χ1n) is 5.42. The minimum absolute atomic E-state index is 0.391. The third kappa shape index (κ3) is 2.10. The predicted molar refractivity (Wildman–Crippen MR) is 77.5 cm³/mol. The second-order valence-corrected chi connectivity index (χ2v) is 4.70. The van der Waals surface area contributed by atoms with Gasteiger partial charge in [0.15, 0.2) is 4.77 Å². The Hall–Kier alpha value is -1.85. The summed E-state index contributed by atoms with van der Waals surface area (Å²) >= 11 is 10.1. The Morgan fingerprint density at radius 1 is 0.889 bits per heavy atom. The Morgan fingerprint density at radius 2 is 1.67 bits per heavy atom. The monoisotopic (exact) mass is 271 g/mol. The highest BCUT2D eigenvalue weighted by Crippen LogP contribution is 2.21. The van der Waals surface area contributed by atoms with Crippen LogP contribution < -0.4 is 0 Å². The summed E-state index contributed by atoms with van der Waals surface area (Å²) < 4.78 is 0.875. The Labute approximate surface area is 114 Å². The molecule has 0 bridgehead atoms. The minimum Gasteiger partial charge on any atom is -0.317 e. The Morgan fingerprint density at radius 3 is 2.44 bits per heavy atom. The van der Waals surface area contributed by atoms with E-state index < -0.39 is 0 Å². The first-order valence-corrected chi connectivity index (χ1v) is 6.24. The van der Waals surface area contributed by atoms with Crippen molar-refractivity contribution in [2.24, 2.45) is 0 Å². The van der Waals surface area contributed by atoms with Gasteiger partial charge in [-0.3, -0.25) is 0 Å². The first-order chi connectivity index (χ1) is 8.72. The van der Waals surface area contributed by atoms with Gasteiger partial charge in [-0.25, -0.2) is 4.98 Å². The molecule has 2 aromatic carbocycles. The Bertz CT molecular complexity index is 805. The summed E-state index contributed by atoms with van der Waals surface area (Å²) in [6, 6.07) is 14.3. The molecule has 3 nitrogen and oxygen atoms in total. The van der Waals surface area contributed by atoms with Crippen LogP contribution in [0.15, 0.2) is 42.5 Å². The van der Waals surface area contributed by atoms with Crippen LogP contribution in [0.5, 0.6) is 0 Å². The molecule has 3 rings (SSSR count). The van der Waals surface area contributed by atoms with Crippen LogP contribution in [-0.2, 0) is 0 Å². The average Bonchev–Trinajstić information content (AvgIpc) is 2.37. The van der Waals surface area contributed by atoms with Crippen molar-refractivity contribution in [1.29, 1.82) is 0 Å². The fourth-order valence-electron chi connectivity index (χ4n) is 1.87. The molecule has 0 amide bonds. The number of benzene rings is 2. The maximum absolute atomic E-state index is 5.07. The van der Waals surface area contributed by atoms with E-state index in [1.807, 2.05) is 18.2 Å². The molecule has 0 atom stereocenters. The van der Waals surface area contributed by atoms with E-state index in [0.29, 0.717) is 15.4 Å². The number of fused-ring (bicyclic) bond motifs is 1. The molecule has 0 radical (unpaired) electrons. The summed E-state index contributed by atoms with van der Waals surface area (Å²) in [5.74, 6) is 0.689. The van der Waals surface area contributed by atoms with Gasteiger partial charge in [-0.2, -0.15) is 0 Å². The lowest BCUT2D eigenvalue weighted by molar-refractivity contribution is 1.01. The molecule has 0 spiro atoms. The molecule has 3 aromatic rings. The smallest absolute Gasteiger partial charge is 0.200 e. The molecule has 0 aliphatic rings. The molecule has 1 aromatic heterocycles. The van der Waals surface area contributed by atoms with Gasteiger partial charge in [0.1, 0.15) is 5.82 Å². The molecule has 1 heterocycles. The van der Waals surface area contributed by atoms with E-state index in [1.54, 1.807) is 0 Å². The van der Waals surface area contributed by atoms with E-state index in [0.717, 1.165) is 10.9 Å². The number of aromatic nitrogens is 3. The lowest BCUT2D eigenvalue weighted by Crippen LogP contribution is -1.93. The zero-order chi connectivity index (χ0) is 12.5. The van der Waals surface area contributed by atoms with Crippen LogP contribution in [-0.4, -0.2) is 15.0 Å². The highest BCUT2D eigenvalue weighted by Gasteiger charge is 2.01. The number of rotatable bonds is 1. The van der Waals surface area contributed by atoms with E-state index in [1.165, 1.54) is 5.39 Å². The second kappa shape index (κ2) is 4.44. The Balaban J connectivity index is 2.25. The van der Waals surface area contributed by atoms with Crippen LogP contribution in [0.2, 0.25) is 0 Å². The van der Waals surface area contributed by atoms with Crippen molar-refractivity contribution in [3.63, 3.8) is 0 Å². The second-order valence-electron chi connectivity index (χ2n) is 3.91. The SMILES string of the molecule is S=c1nc(-c2ccc3ccccc3c2)[nH]c(=S)[nH]1. The van der Waals surface area contributed by atoms with Crippen molar-refractivity contribution in [2.45, 2.75) is 0 Å². The van der Waals surface area contributed by atoms with Crippen LogP contribution in [0.25, 0.3) is 22.2 Å². The van der Waals surface area contributed by atoms with E-state index in [9.17, 15) is 0 Å². The molecule has 0 aliphatic heterocycles. The molecule has 0 aliphatic carbocycles. The third-order valence-electron chi connectivity index (χ3n) is 2.69. The molecular formula is C13H9N3S2. The van der Waals surface area contributed by atoms with Gasteiger partial charge in [0.2, 0.25) is 4.77 Å². The molecule has 0 unspecified atom stereocenters. The number of hydrogen-bond acceptors (Lipinski definition) is 3. The van der Waals surface area contributed by atoms with Crippen molar-refractivity contribution < 1.29 is 0 Å². The highest BCUT2D eigenvalue weighted by molar-refractivity contribution is 7.71. The highest BCUT2D eigenvalue weighted by atomic mass is 32.1. The van der Waals surface area contributed by atoms with Crippen LogP contribution in [0, 0.1) is 9.54 Å². The van der Waals surface area contributed by atoms with Gasteiger partial charge in [-0.05, 0) is 41.3 Å². The lowest BCUT2D eigenvalue weighted by atomic mass is 10.1. The predicted octanol–water partition coefficient (Wildman–Crippen LogP) is 4.02. The number of hydrogen-bond donors (Lipinski definition) is 2. The van der Waals surface area contributed by atoms with Gasteiger partial charge in [0.05, 0.1) is 0 Å². The molecule has 0 fully saturated rings. The number of H-pyrrole nitrogens is 2.